The van der Waals surface area contributed by atoms with E-state index in [0.29, 0.717) is 12.8 Å². The van der Waals surface area contributed by atoms with Gasteiger partial charge in [-0.05, 0) is 11.1 Å². The van der Waals surface area contributed by atoms with E-state index >= 15 is 0 Å². The Hall–Kier alpha value is -4.32. The Balaban J connectivity index is 0.000000226. The first-order chi connectivity index (χ1) is 20.6. The summed E-state index contributed by atoms with van der Waals surface area (Å²) in [4.78, 5) is 43.2. The van der Waals surface area contributed by atoms with E-state index in [1.165, 1.54) is 13.8 Å². The van der Waals surface area contributed by atoms with Crippen LogP contribution in [0.15, 0.2) is 121 Å². The molecule has 2 radical (unpaired) electrons. The molecule has 4 aromatic carbocycles. The van der Waals surface area contributed by atoms with Crippen LogP contribution in [0, 0.1) is 0 Å². The molecular formula is C34H36N2O6Pb. The van der Waals surface area contributed by atoms with Gasteiger partial charge in [0, 0.05) is 26.7 Å². The zero-order chi connectivity index (χ0) is 31.5. The summed E-state index contributed by atoms with van der Waals surface area (Å²) in [6, 6.07) is 38.3. The molecule has 0 spiro atoms. The molecule has 9 heteroatoms. The van der Waals surface area contributed by atoms with E-state index in [4.69, 9.17) is 10.2 Å². The number of nitrogens with one attached hydrogen (secondary N) is 2. The van der Waals surface area contributed by atoms with Gasteiger partial charge in [0.2, 0.25) is 11.8 Å². The fourth-order valence-electron chi connectivity index (χ4n) is 3.80. The molecule has 0 aliphatic rings. The summed E-state index contributed by atoms with van der Waals surface area (Å²) in [6.45, 7) is 2.61. The number of hydrogen-bond acceptors (Lipinski definition) is 4. The number of amides is 2. The first-order valence-electron chi connectivity index (χ1n) is 13.6. The minimum absolute atomic E-state index is 0.301. The van der Waals surface area contributed by atoms with Gasteiger partial charge < -0.3 is 20.8 Å². The number of benzene rings is 4. The van der Waals surface area contributed by atoms with E-state index in [1.807, 2.05) is 60.7 Å². The molecule has 0 heterocycles. The molecule has 0 fully saturated rings. The first kappa shape index (κ1) is 34.9. The van der Waals surface area contributed by atoms with Crippen molar-refractivity contribution >= 4 is 54.2 Å². The van der Waals surface area contributed by atoms with E-state index in [0.717, 1.165) is 11.1 Å². The Morgan fingerprint density at radius 3 is 1.07 bits per heavy atom. The van der Waals surface area contributed by atoms with Crippen LogP contribution in [0.5, 0.6) is 0 Å². The molecule has 8 nitrogen and oxygen atoms in total. The van der Waals surface area contributed by atoms with Crippen molar-refractivity contribution in [2.45, 2.75) is 38.8 Å². The number of carbonyl (C=O) groups is 4. The molecule has 0 saturated heterocycles. The van der Waals surface area contributed by atoms with E-state index < -0.39 is 48.3 Å². The quantitative estimate of drug-likeness (QED) is 0.183. The minimum atomic E-state index is -1.02. The fraction of sp³-hybridized carbons (Fsp3) is 0.176. The van der Waals surface area contributed by atoms with Crippen LogP contribution in [0.3, 0.4) is 0 Å². The molecule has 43 heavy (non-hydrogen) atoms. The van der Waals surface area contributed by atoms with Crippen molar-refractivity contribution in [1.29, 1.82) is 0 Å². The fourth-order valence-corrected chi connectivity index (χ4v) is 7.89. The number of carboxylic acid groups (broad SMARTS) is 2. The molecule has 4 N–H and O–H groups in total. The van der Waals surface area contributed by atoms with Crippen LogP contribution in [-0.2, 0) is 32.0 Å². The second-order valence-corrected chi connectivity index (χ2v) is 14.9. The standard InChI is InChI=1S/2C11H13NO3.2C6H5.Pb/c2*1-8(13)12-10(11(14)15)7-9-5-3-2-4-6-9;2*1-2-4-6-5-3-1;/h2*2-6,10H,7H2,1H3,(H,12,13)(H,14,15);2*1-5H;. The molecule has 4 aromatic rings. The van der Waals surface area contributed by atoms with Crippen molar-refractivity contribution in [3.63, 3.8) is 0 Å². The molecular weight excluding hydrogens is 740 g/mol. The summed E-state index contributed by atoms with van der Waals surface area (Å²) < 4.78 is 3.13. The molecule has 0 bridgehead atoms. The van der Waals surface area contributed by atoms with Gasteiger partial charge in [-0.15, -0.1) is 0 Å². The monoisotopic (exact) mass is 776 g/mol. The summed E-state index contributed by atoms with van der Waals surface area (Å²) >= 11 is -0.740. The normalized spacial score (nSPS) is 11.2. The van der Waals surface area contributed by atoms with Crippen LogP contribution >= 0.6 is 0 Å². The van der Waals surface area contributed by atoms with Gasteiger partial charge in [-0.1, -0.05) is 60.7 Å². The number of rotatable bonds is 10. The Bertz CT molecular complexity index is 1300. The van der Waals surface area contributed by atoms with Crippen molar-refractivity contribution in [2.75, 3.05) is 0 Å². The molecule has 2 amide bonds. The summed E-state index contributed by atoms with van der Waals surface area (Å²) in [5.74, 6) is -2.71. The summed E-state index contributed by atoms with van der Waals surface area (Å²) in [5, 5.41) is 22.5. The Kier molecular flexibility index (Phi) is 16.0. The van der Waals surface area contributed by atoms with Gasteiger partial charge in [0.15, 0.2) is 0 Å². The van der Waals surface area contributed by atoms with Crippen LogP contribution in [0.1, 0.15) is 25.0 Å². The summed E-state index contributed by atoms with van der Waals surface area (Å²) in [6.07, 6.45) is 0.603. The van der Waals surface area contributed by atoms with Crippen molar-refractivity contribution in [3.8, 4) is 0 Å². The summed E-state index contributed by atoms with van der Waals surface area (Å²) in [7, 11) is 0. The predicted molar refractivity (Wildman–Crippen MR) is 169 cm³/mol. The van der Waals surface area contributed by atoms with Crippen molar-refractivity contribution in [2.24, 2.45) is 0 Å². The first-order valence-corrected chi connectivity index (χ1v) is 17.5. The zero-order valence-corrected chi connectivity index (χ0v) is 28.0. The van der Waals surface area contributed by atoms with Gasteiger partial charge in [-0.2, -0.15) is 0 Å². The Morgan fingerprint density at radius 2 is 0.814 bits per heavy atom. The molecule has 0 aliphatic carbocycles. The van der Waals surface area contributed by atoms with Crippen molar-refractivity contribution < 1.29 is 29.4 Å². The van der Waals surface area contributed by atoms with Gasteiger partial charge in [0.05, 0.1) is 0 Å². The Labute approximate surface area is 264 Å². The van der Waals surface area contributed by atoms with Gasteiger partial charge in [-0.3, -0.25) is 9.59 Å². The Morgan fingerprint density at radius 1 is 0.535 bits per heavy atom. The van der Waals surface area contributed by atoms with Crippen LogP contribution in [-0.4, -0.2) is 70.3 Å². The van der Waals surface area contributed by atoms with E-state index in [9.17, 15) is 19.2 Å². The second-order valence-electron chi connectivity index (χ2n) is 9.42. The molecule has 0 aromatic heterocycles. The van der Waals surface area contributed by atoms with Crippen LogP contribution < -0.4 is 16.9 Å². The third kappa shape index (κ3) is 15.5. The van der Waals surface area contributed by atoms with E-state index in [1.54, 1.807) is 6.25 Å². The number of carbonyl (C=O) groups excluding carboxylic acids is 2. The third-order valence-electron chi connectivity index (χ3n) is 5.75. The van der Waals surface area contributed by atoms with Gasteiger partial charge in [0.1, 0.15) is 12.1 Å². The maximum absolute atomic E-state index is 10.8. The maximum atomic E-state index is 10.8. The molecule has 2 atom stereocenters. The number of carboxylic acids is 2. The molecule has 4 rings (SSSR count). The van der Waals surface area contributed by atoms with Crippen LogP contribution in [0.2, 0.25) is 0 Å². The average Bonchev–Trinajstić information content (AvgIpc) is 2.99. The number of hydrogen-bond donors (Lipinski definition) is 4. The van der Waals surface area contributed by atoms with Gasteiger partial charge in [-0.25, -0.2) is 9.59 Å². The van der Waals surface area contributed by atoms with E-state index in [-0.39, 0.29) is 11.8 Å². The molecule has 222 valence electrons. The van der Waals surface area contributed by atoms with Gasteiger partial charge in [0.25, 0.3) is 0 Å². The molecule has 0 aliphatic heterocycles. The molecule has 0 saturated carbocycles. The SMILES string of the molecule is CC(=O)NC(Cc1ccccc1)C(=O)O.CC(=O)NC(Cc1ccccc1)C(=O)O.c1cc[c]([Pb][c]2ccccc2)cc1. The van der Waals surface area contributed by atoms with Gasteiger partial charge >= 0.3 is 103 Å². The van der Waals surface area contributed by atoms with E-state index in [2.05, 4.69) is 71.3 Å². The number of aliphatic carboxylic acids is 2. The topological polar surface area (TPSA) is 133 Å². The summed E-state index contributed by atoms with van der Waals surface area (Å²) in [5.41, 5.74) is 1.78. The predicted octanol–water partition coefficient (Wildman–Crippen LogP) is 2.98. The second kappa shape index (κ2) is 19.7. The zero-order valence-electron chi connectivity index (χ0n) is 24.1. The average molecular weight is 776 g/mol. The third-order valence-corrected chi connectivity index (χ3v) is 10.6. The molecule has 2 unspecified atom stereocenters. The van der Waals surface area contributed by atoms with Crippen molar-refractivity contribution in [1.82, 2.24) is 10.6 Å². The van der Waals surface area contributed by atoms with Crippen molar-refractivity contribution in [3.05, 3.63) is 132 Å². The van der Waals surface area contributed by atoms with Crippen LogP contribution in [0.4, 0.5) is 0 Å². The van der Waals surface area contributed by atoms with Crippen LogP contribution in [0.25, 0.3) is 0 Å².